The molecule has 0 aliphatic rings. The van der Waals surface area contributed by atoms with Crippen molar-refractivity contribution >= 4 is 13.2 Å². The minimum Gasteiger partial charge on any atom is -0.0811 e. The Labute approximate surface area is 107 Å². The van der Waals surface area contributed by atoms with Crippen LogP contribution in [0.3, 0.4) is 0 Å². The minimum atomic E-state index is 0. The van der Waals surface area contributed by atoms with Gasteiger partial charge in [0.1, 0.15) is 0 Å². The SMILES string of the molecule is Cc1c(C)c(C)c(P(C)C)c(C)c1C.[V]. The largest absolute Gasteiger partial charge is 0.0811 e. The van der Waals surface area contributed by atoms with Crippen LogP contribution < -0.4 is 5.30 Å². The van der Waals surface area contributed by atoms with E-state index >= 15 is 0 Å². The van der Waals surface area contributed by atoms with E-state index in [0.29, 0.717) is 0 Å². The summed E-state index contributed by atoms with van der Waals surface area (Å²) in [5.74, 6) is 0. The molecule has 0 nitrogen and oxygen atoms in total. The average Bonchev–Trinajstić information content (AvgIpc) is 2.11. The van der Waals surface area contributed by atoms with Crippen LogP contribution in [0.5, 0.6) is 0 Å². The van der Waals surface area contributed by atoms with E-state index in [1.165, 1.54) is 27.8 Å². The predicted octanol–water partition coefficient (Wildman–Crippen LogP) is 3.59. The van der Waals surface area contributed by atoms with E-state index in [9.17, 15) is 0 Å². The Morgan fingerprint density at radius 2 is 0.867 bits per heavy atom. The van der Waals surface area contributed by atoms with Gasteiger partial charge in [-0.1, -0.05) is 7.92 Å². The van der Waals surface area contributed by atoms with Gasteiger partial charge in [-0.15, -0.1) is 0 Å². The Morgan fingerprint density at radius 3 is 1.13 bits per heavy atom. The van der Waals surface area contributed by atoms with E-state index in [-0.39, 0.29) is 26.5 Å². The third-order valence-electron chi connectivity index (χ3n) is 3.41. The van der Waals surface area contributed by atoms with Gasteiger partial charge < -0.3 is 0 Å². The zero-order valence-electron chi connectivity index (χ0n) is 10.9. The molecular weight excluding hydrogens is 238 g/mol. The zero-order chi connectivity index (χ0) is 11.0. The van der Waals surface area contributed by atoms with E-state index in [2.05, 4.69) is 47.9 Å². The van der Waals surface area contributed by atoms with Crippen LogP contribution in [0.15, 0.2) is 0 Å². The van der Waals surface area contributed by atoms with Gasteiger partial charge in [0.2, 0.25) is 0 Å². The van der Waals surface area contributed by atoms with Crippen LogP contribution in [0, 0.1) is 34.6 Å². The van der Waals surface area contributed by atoms with Crippen molar-refractivity contribution in [3.05, 3.63) is 27.8 Å². The Hall–Kier alpha value is 0.234. The summed E-state index contributed by atoms with van der Waals surface area (Å²) >= 11 is 0. The maximum Gasteiger partial charge on any atom is 0 e. The fraction of sp³-hybridized carbons (Fsp3) is 0.538. The third kappa shape index (κ3) is 2.67. The van der Waals surface area contributed by atoms with Crippen LogP contribution in [-0.2, 0) is 18.6 Å². The Bertz CT molecular complexity index is 338. The van der Waals surface area contributed by atoms with Crippen LogP contribution in [0.25, 0.3) is 0 Å². The van der Waals surface area contributed by atoms with Gasteiger partial charge in [-0.05, 0) is 81.1 Å². The normalized spacial score (nSPS) is 10.4. The first-order valence-electron chi connectivity index (χ1n) is 5.12. The van der Waals surface area contributed by atoms with Crippen molar-refractivity contribution in [1.29, 1.82) is 0 Å². The Morgan fingerprint density at radius 1 is 0.600 bits per heavy atom. The summed E-state index contributed by atoms with van der Waals surface area (Å²) in [6.07, 6.45) is 0. The molecule has 0 unspecified atom stereocenters. The summed E-state index contributed by atoms with van der Waals surface area (Å²) in [6, 6.07) is 0. The van der Waals surface area contributed by atoms with Crippen molar-refractivity contribution in [1.82, 2.24) is 0 Å². The predicted molar refractivity (Wildman–Crippen MR) is 68.5 cm³/mol. The molecule has 0 spiro atoms. The van der Waals surface area contributed by atoms with Gasteiger partial charge in [-0.25, -0.2) is 0 Å². The van der Waals surface area contributed by atoms with Crippen molar-refractivity contribution in [2.45, 2.75) is 34.6 Å². The van der Waals surface area contributed by atoms with Crippen molar-refractivity contribution < 1.29 is 18.6 Å². The second kappa shape index (κ2) is 5.53. The Kier molecular flexibility index (Phi) is 5.62. The second-order valence-electron chi connectivity index (χ2n) is 4.37. The summed E-state index contributed by atoms with van der Waals surface area (Å²) in [4.78, 5) is 0. The summed E-state index contributed by atoms with van der Waals surface area (Å²) in [6.45, 7) is 16.0. The van der Waals surface area contributed by atoms with Gasteiger partial charge in [-0.3, -0.25) is 0 Å². The fourth-order valence-electron chi connectivity index (χ4n) is 2.15. The standard InChI is InChI=1S/C13H21P.V/c1-8-9(2)11(4)13(14(6)7)12(5)10(8)3;/h1-7H3;. The van der Waals surface area contributed by atoms with E-state index in [4.69, 9.17) is 0 Å². The molecule has 0 aliphatic carbocycles. The molecule has 1 rings (SSSR count). The summed E-state index contributed by atoms with van der Waals surface area (Å²) in [5, 5.41) is 1.61. The molecule has 0 N–H and O–H groups in total. The number of rotatable bonds is 1. The van der Waals surface area contributed by atoms with Crippen LogP contribution in [0.1, 0.15) is 27.8 Å². The average molecular weight is 259 g/mol. The van der Waals surface area contributed by atoms with E-state index in [1.54, 1.807) is 5.30 Å². The maximum absolute atomic E-state index is 2.35. The van der Waals surface area contributed by atoms with Gasteiger partial charge in [0.15, 0.2) is 0 Å². The number of benzene rings is 1. The molecule has 2 heteroatoms. The molecule has 0 amide bonds. The van der Waals surface area contributed by atoms with Crippen molar-refractivity contribution in [3.8, 4) is 0 Å². The van der Waals surface area contributed by atoms with Gasteiger partial charge in [0.05, 0.1) is 0 Å². The van der Waals surface area contributed by atoms with Crippen molar-refractivity contribution in [2.75, 3.05) is 13.3 Å². The summed E-state index contributed by atoms with van der Waals surface area (Å²) < 4.78 is 0. The summed E-state index contributed by atoms with van der Waals surface area (Å²) in [7, 11) is 0.0180. The molecule has 1 radical (unpaired) electrons. The molecule has 0 aromatic heterocycles. The first kappa shape index (κ1) is 15.2. The molecule has 1 aromatic rings. The van der Waals surface area contributed by atoms with Gasteiger partial charge in [0.25, 0.3) is 0 Å². The molecule has 0 atom stereocenters. The summed E-state index contributed by atoms with van der Waals surface area (Å²) in [5.41, 5.74) is 7.47. The van der Waals surface area contributed by atoms with Crippen LogP contribution in [0.2, 0.25) is 0 Å². The first-order chi connectivity index (χ1) is 6.37. The van der Waals surface area contributed by atoms with Gasteiger partial charge in [-0.2, -0.15) is 0 Å². The molecule has 83 valence electrons. The van der Waals surface area contributed by atoms with Gasteiger partial charge >= 0.3 is 0 Å². The maximum atomic E-state index is 2.35. The first-order valence-corrected chi connectivity index (χ1v) is 7.35. The van der Waals surface area contributed by atoms with Crippen molar-refractivity contribution in [2.24, 2.45) is 0 Å². The molecule has 0 fully saturated rings. The van der Waals surface area contributed by atoms with E-state index in [1.807, 2.05) is 0 Å². The topological polar surface area (TPSA) is 0 Å². The van der Waals surface area contributed by atoms with Gasteiger partial charge in [0, 0.05) is 18.6 Å². The molecular formula is C13H21PV. The number of hydrogen-bond donors (Lipinski definition) is 0. The molecule has 0 saturated heterocycles. The van der Waals surface area contributed by atoms with Crippen LogP contribution in [-0.4, -0.2) is 13.3 Å². The zero-order valence-corrected chi connectivity index (χ0v) is 13.2. The smallest absolute Gasteiger partial charge is 0 e. The van der Waals surface area contributed by atoms with Crippen LogP contribution in [0.4, 0.5) is 0 Å². The minimum absolute atomic E-state index is 0. The fourth-order valence-corrected chi connectivity index (χ4v) is 3.83. The molecule has 0 heterocycles. The molecule has 0 saturated carbocycles. The Balaban J connectivity index is 0.00000196. The molecule has 0 bridgehead atoms. The quantitative estimate of drug-likeness (QED) is 0.676. The number of hydrogen-bond acceptors (Lipinski definition) is 0. The molecule has 15 heavy (non-hydrogen) atoms. The second-order valence-corrected chi connectivity index (χ2v) is 6.60. The van der Waals surface area contributed by atoms with E-state index < -0.39 is 0 Å². The van der Waals surface area contributed by atoms with Crippen LogP contribution >= 0.6 is 7.92 Å². The molecule has 1 aromatic carbocycles. The van der Waals surface area contributed by atoms with Crippen molar-refractivity contribution in [3.63, 3.8) is 0 Å². The van der Waals surface area contributed by atoms with E-state index in [0.717, 1.165) is 0 Å². The molecule has 0 aliphatic heterocycles. The monoisotopic (exact) mass is 259 g/mol. The third-order valence-corrected chi connectivity index (χ3v) is 4.97.